The Kier molecular flexibility index (Phi) is 6.61. The number of nitrogens with zero attached hydrogens (tertiary/aromatic N) is 6. The second kappa shape index (κ2) is 9.76. The van der Waals surface area contributed by atoms with Crippen LogP contribution >= 0.6 is 0 Å². The number of anilines is 2. The number of alkyl halides is 2. The highest BCUT2D eigenvalue weighted by molar-refractivity contribution is 5.81. The van der Waals surface area contributed by atoms with Gasteiger partial charge in [-0.2, -0.15) is 0 Å². The molecule has 0 aliphatic carbocycles. The Morgan fingerprint density at radius 3 is 2.55 bits per heavy atom. The molecule has 4 heterocycles. The van der Waals surface area contributed by atoms with Crippen LogP contribution in [-0.4, -0.2) is 60.8 Å². The van der Waals surface area contributed by atoms with Crippen molar-refractivity contribution in [2.24, 2.45) is 5.73 Å². The van der Waals surface area contributed by atoms with Crippen molar-refractivity contribution in [1.82, 2.24) is 24.5 Å². The van der Waals surface area contributed by atoms with E-state index in [1.807, 2.05) is 0 Å². The quantitative estimate of drug-likeness (QED) is 0.254. The van der Waals surface area contributed by atoms with Crippen molar-refractivity contribution in [2.45, 2.75) is 37.5 Å². The fourth-order valence-corrected chi connectivity index (χ4v) is 4.78. The highest BCUT2D eigenvalue weighted by Crippen LogP contribution is 2.34. The van der Waals surface area contributed by atoms with Crippen molar-refractivity contribution in [3.63, 3.8) is 0 Å². The fourth-order valence-electron chi connectivity index (χ4n) is 4.78. The molecular formula is C24H23F5N8O. The number of nitrogen functional groups attached to an aromatic ring is 1. The third-order valence-electron chi connectivity index (χ3n) is 6.75. The van der Waals surface area contributed by atoms with Gasteiger partial charge in [-0.15, -0.1) is 0 Å². The minimum atomic E-state index is -3.03. The highest BCUT2D eigenvalue weighted by atomic mass is 19.3. The molecule has 5 N–H and O–H groups in total. The second-order valence-corrected chi connectivity index (χ2v) is 9.29. The number of hydrogen-bond acceptors (Lipinski definition) is 8. The Morgan fingerprint density at radius 1 is 1.03 bits per heavy atom. The number of hydrogen-bond donors (Lipinski definition) is 3. The van der Waals surface area contributed by atoms with Gasteiger partial charge in [0.1, 0.15) is 23.8 Å². The van der Waals surface area contributed by atoms with Crippen LogP contribution in [0.15, 0.2) is 37.1 Å². The summed E-state index contributed by atoms with van der Waals surface area (Å²) in [4.78, 5) is 18.3. The maximum atomic E-state index is 14.6. The molecule has 38 heavy (non-hydrogen) atoms. The predicted octanol–water partition coefficient (Wildman–Crippen LogP) is 2.86. The van der Waals surface area contributed by atoms with Crippen molar-refractivity contribution < 1.29 is 27.1 Å². The number of halogens is 5. The van der Waals surface area contributed by atoms with E-state index < -0.39 is 35.5 Å². The zero-order chi connectivity index (χ0) is 27.2. The van der Waals surface area contributed by atoms with Gasteiger partial charge in [0.15, 0.2) is 23.1 Å². The van der Waals surface area contributed by atoms with Gasteiger partial charge in [0, 0.05) is 24.7 Å². The molecule has 1 aliphatic heterocycles. The fraction of sp³-hybridized carbons (Fsp3) is 0.333. The molecule has 1 aromatic carbocycles. The lowest BCUT2D eigenvalue weighted by molar-refractivity contribution is -0.0529. The molecule has 2 atom stereocenters. The van der Waals surface area contributed by atoms with Gasteiger partial charge in [-0.25, -0.2) is 36.9 Å². The molecule has 0 bridgehead atoms. The van der Waals surface area contributed by atoms with Crippen LogP contribution in [0.4, 0.5) is 33.5 Å². The molecule has 200 valence electrons. The predicted molar refractivity (Wildman–Crippen MR) is 129 cm³/mol. The summed E-state index contributed by atoms with van der Waals surface area (Å²) in [6, 6.07) is 2.63. The Balaban J connectivity index is 1.60. The van der Waals surface area contributed by atoms with Crippen molar-refractivity contribution in [3.05, 3.63) is 60.1 Å². The first-order chi connectivity index (χ1) is 18.1. The van der Waals surface area contributed by atoms with Crippen LogP contribution in [0.5, 0.6) is 0 Å². The summed E-state index contributed by atoms with van der Waals surface area (Å²) in [6.07, 6.45) is -0.358. The smallest absolute Gasteiger partial charge is 0.265 e. The summed E-state index contributed by atoms with van der Waals surface area (Å²) in [5, 5.41) is 10.1. The average Bonchev–Trinajstić information content (AvgIpc) is 3.29. The molecular weight excluding hydrogens is 511 g/mol. The summed E-state index contributed by atoms with van der Waals surface area (Å²) >= 11 is 0. The molecule has 14 heteroatoms. The molecule has 9 nitrogen and oxygen atoms in total. The van der Waals surface area contributed by atoms with E-state index in [1.54, 1.807) is 9.47 Å². The van der Waals surface area contributed by atoms with Crippen LogP contribution in [0.3, 0.4) is 0 Å². The molecule has 5 rings (SSSR count). The number of imidazole rings is 1. The molecule has 3 aromatic heterocycles. The average molecular weight is 534 g/mol. The number of benzene rings is 1. The minimum Gasteiger partial charge on any atom is -0.385 e. The molecule has 4 aromatic rings. The van der Waals surface area contributed by atoms with Crippen molar-refractivity contribution >= 4 is 22.7 Å². The van der Waals surface area contributed by atoms with E-state index in [-0.39, 0.29) is 36.6 Å². The number of aliphatic hydroxyl groups is 1. The molecule has 0 amide bonds. The highest BCUT2D eigenvalue weighted by Gasteiger charge is 2.43. The maximum Gasteiger partial charge on any atom is 0.265 e. The van der Waals surface area contributed by atoms with E-state index in [2.05, 4.69) is 19.9 Å². The van der Waals surface area contributed by atoms with E-state index in [1.165, 1.54) is 24.9 Å². The number of piperidine rings is 1. The number of pyridine rings is 1. The van der Waals surface area contributed by atoms with Crippen LogP contribution < -0.4 is 16.4 Å². The summed E-state index contributed by atoms with van der Waals surface area (Å²) in [7, 11) is 0. The molecule has 1 fully saturated rings. The third-order valence-corrected chi connectivity index (χ3v) is 6.75. The molecule has 1 saturated heterocycles. The van der Waals surface area contributed by atoms with Crippen LogP contribution in [0.25, 0.3) is 22.4 Å². The summed E-state index contributed by atoms with van der Waals surface area (Å²) < 4.78 is 70.4. The van der Waals surface area contributed by atoms with E-state index in [9.17, 15) is 27.1 Å². The zero-order valence-electron chi connectivity index (χ0n) is 19.8. The maximum absolute atomic E-state index is 14.6. The third kappa shape index (κ3) is 4.60. The van der Waals surface area contributed by atoms with Crippen LogP contribution in [0, 0.1) is 17.5 Å². The van der Waals surface area contributed by atoms with Gasteiger partial charge in [0.25, 0.3) is 6.43 Å². The molecule has 0 unspecified atom stereocenters. The Hall–Kier alpha value is -3.91. The molecule has 0 saturated carbocycles. The lowest BCUT2D eigenvalue weighted by Gasteiger charge is -2.44. The molecule has 1 aliphatic rings. The van der Waals surface area contributed by atoms with Crippen LogP contribution in [-0.2, 0) is 6.54 Å². The Morgan fingerprint density at radius 2 is 1.79 bits per heavy atom. The first kappa shape index (κ1) is 25.7. The lowest BCUT2D eigenvalue weighted by Crippen LogP contribution is -2.63. The number of nitrogens with two attached hydrogens (primary N) is 2. The summed E-state index contributed by atoms with van der Waals surface area (Å²) in [6.45, 7) is 0.405. The summed E-state index contributed by atoms with van der Waals surface area (Å²) in [5.41, 5.74) is 12.0. The Labute approximate surface area is 213 Å². The van der Waals surface area contributed by atoms with Crippen LogP contribution in [0.1, 0.15) is 18.4 Å². The van der Waals surface area contributed by atoms with E-state index in [0.29, 0.717) is 47.5 Å². The summed E-state index contributed by atoms with van der Waals surface area (Å²) in [5.74, 6) is -3.43. The Bertz CT molecular complexity index is 1500. The van der Waals surface area contributed by atoms with Gasteiger partial charge in [-0.3, -0.25) is 4.98 Å². The molecule has 0 radical (unpaired) electrons. The lowest BCUT2D eigenvalue weighted by atomic mass is 9.84. The number of fused-ring (bicyclic) bond motifs is 1. The second-order valence-electron chi connectivity index (χ2n) is 9.29. The monoisotopic (exact) mass is 534 g/mol. The number of aliphatic hydroxyl groups excluding tert-OH is 1. The van der Waals surface area contributed by atoms with E-state index >= 15 is 0 Å². The van der Waals surface area contributed by atoms with Gasteiger partial charge >= 0.3 is 0 Å². The molecule has 0 spiro atoms. The topological polar surface area (TPSA) is 132 Å². The number of rotatable bonds is 6. The largest absolute Gasteiger partial charge is 0.385 e. The first-order valence-electron chi connectivity index (χ1n) is 11.6. The first-order valence-corrected chi connectivity index (χ1v) is 11.6. The van der Waals surface area contributed by atoms with Gasteiger partial charge in [0.05, 0.1) is 36.0 Å². The van der Waals surface area contributed by atoms with Crippen molar-refractivity contribution in [2.75, 3.05) is 23.7 Å². The standard InChI is InChI=1S/C24H23F5N8O/c25-14-6-16(27)15(26)5-13(14)17-4-12(8-37-11-35-19-22(30)33-10-34-23(19)37)18(7-32-17)36-3-1-2-24(31,9-36)20(38)21(28)29/h4-7,10-11,20-21,38H,1-3,8-9,31H2,(H2,30,33,34)/t20-,24+/m0/s1. The van der Waals surface area contributed by atoms with Crippen LogP contribution in [0.2, 0.25) is 0 Å². The SMILES string of the molecule is Nc1ncnc2c1ncn2Cc1cc(-c2cc(F)c(F)cc2F)ncc1N1CCC[C@](N)([C@@H](O)C(F)F)C1. The normalized spacial score (nSPS) is 18.9. The van der Waals surface area contributed by atoms with Gasteiger partial charge in [-0.05, 0) is 30.5 Å². The zero-order valence-corrected chi connectivity index (χ0v) is 19.8. The van der Waals surface area contributed by atoms with Gasteiger partial charge in [0.2, 0.25) is 0 Å². The minimum absolute atomic E-state index is 0.0161. The number of aromatic nitrogens is 5. The van der Waals surface area contributed by atoms with Gasteiger partial charge < -0.3 is 26.0 Å². The van der Waals surface area contributed by atoms with E-state index in [0.717, 1.165) is 0 Å². The van der Waals surface area contributed by atoms with Crippen molar-refractivity contribution in [3.8, 4) is 11.3 Å². The van der Waals surface area contributed by atoms with Crippen molar-refractivity contribution in [1.29, 1.82) is 0 Å². The van der Waals surface area contributed by atoms with E-state index in [4.69, 9.17) is 11.5 Å². The van der Waals surface area contributed by atoms with Gasteiger partial charge in [-0.1, -0.05) is 0 Å².